The van der Waals surface area contributed by atoms with Crippen molar-refractivity contribution in [2.75, 3.05) is 5.32 Å². The highest BCUT2D eigenvalue weighted by molar-refractivity contribution is 6.04. The Kier molecular flexibility index (Phi) is 4.80. The summed E-state index contributed by atoms with van der Waals surface area (Å²) in [6, 6.07) is 6.33. The van der Waals surface area contributed by atoms with Gasteiger partial charge in [0.1, 0.15) is 5.92 Å². The van der Waals surface area contributed by atoms with E-state index in [4.69, 9.17) is 5.11 Å². The van der Waals surface area contributed by atoms with Gasteiger partial charge in [0.25, 0.3) is 0 Å². The maximum absolute atomic E-state index is 11.9. The number of amides is 1. The summed E-state index contributed by atoms with van der Waals surface area (Å²) < 4.78 is 0. The van der Waals surface area contributed by atoms with Crippen molar-refractivity contribution < 1.29 is 19.5 Å². The maximum atomic E-state index is 11.9. The van der Waals surface area contributed by atoms with Crippen LogP contribution in [0.15, 0.2) is 24.3 Å². The van der Waals surface area contributed by atoms with Crippen molar-refractivity contribution in [3.05, 3.63) is 29.8 Å². The Labute approximate surface area is 111 Å². The molecule has 0 bridgehead atoms. The lowest BCUT2D eigenvalue weighted by Gasteiger charge is -2.15. The van der Waals surface area contributed by atoms with Crippen molar-refractivity contribution >= 4 is 23.3 Å². The molecule has 1 atom stereocenters. The molecule has 0 fully saturated rings. The van der Waals surface area contributed by atoms with E-state index in [1.807, 2.05) is 0 Å². The molecule has 0 aromatic heterocycles. The number of Topliss-reactive ketones (excluding diaryl/α,β-unsaturated/α-hetero) is 1. The monoisotopic (exact) mass is 263 g/mol. The van der Waals surface area contributed by atoms with E-state index in [2.05, 4.69) is 5.32 Å². The summed E-state index contributed by atoms with van der Waals surface area (Å²) in [6.07, 6.45) is 0. The van der Waals surface area contributed by atoms with Crippen molar-refractivity contribution in [2.24, 2.45) is 11.8 Å². The number of nitrogens with one attached hydrogen (secondary N) is 1. The van der Waals surface area contributed by atoms with Crippen LogP contribution in [0.1, 0.15) is 31.1 Å². The van der Waals surface area contributed by atoms with E-state index < -0.39 is 17.8 Å². The number of ketones is 1. The second-order valence-electron chi connectivity index (χ2n) is 4.68. The van der Waals surface area contributed by atoms with Crippen LogP contribution in [0, 0.1) is 11.8 Å². The molecule has 1 rings (SSSR count). The highest BCUT2D eigenvalue weighted by Crippen LogP contribution is 2.16. The maximum Gasteiger partial charge on any atom is 0.316 e. The molecule has 0 aliphatic carbocycles. The van der Waals surface area contributed by atoms with Gasteiger partial charge in [0.2, 0.25) is 5.91 Å². The molecule has 1 unspecified atom stereocenters. The molecule has 102 valence electrons. The summed E-state index contributed by atoms with van der Waals surface area (Å²) in [7, 11) is 0. The van der Waals surface area contributed by atoms with Crippen molar-refractivity contribution in [1.29, 1.82) is 0 Å². The number of hydrogen-bond acceptors (Lipinski definition) is 3. The van der Waals surface area contributed by atoms with Crippen LogP contribution in [0.2, 0.25) is 0 Å². The predicted octanol–water partition coefficient (Wildman–Crippen LogP) is 2.18. The van der Waals surface area contributed by atoms with Crippen LogP contribution in [0.5, 0.6) is 0 Å². The number of carbonyl (C=O) groups is 3. The van der Waals surface area contributed by atoms with Gasteiger partial charge in [-0.05, 0) is 37.1 Å². The lowest BCUT2D eigenvalue weighted by Crippen LogP contribution is -2.33. The summed E-state index contributed by atoms with van der Waals surface area (Å²) in [6.45, 7) is 4.81. The normalized spacial score (nSPS) is 12.0. The van der Waals surface area contributed by atoms with Crippen LogP contribution < -0.4 is 5.32 Å². The van der Waals surface area contributed by atoms with Crippen LogP contribution in [0.3, 0.4) is 0 Å². The average Bonchev–Trinajstić information content (AvgIpc) is 2.28. The highest BCUT2D eigenvalue weighted by atomic mass is 16.4. The van der Waals surface area contributed by atoms with Crippen molar-refractivity contribution in [2.45, 2.75) is 20.8 Å². The SMILES string of the molecule is CC(=O)c1ccc(NC(=O)C(C(=O)O)C(C)C)cc1. The van der Waals surface area contributed by atoms with Gasteiger partial charge in [-0.1, -0.05) is 13.8 Å². The minimum Gasteiger partial charge on any atom is -0.481 e. The van der Waals surface area contributed by atoms with Gasteiger partial charge in [0.15, 0.2) is 5.78 Å². The zero-order valence-corrected chi connectivity index (χ0v) is 11.1. The highest BCUT2D eigenvalue weighted by Gasteiger charge is 2.29. The molecule has 0 spiro atoms. The number of rotatable bonds is 5. The van der Waals surface area contributed by atoms with Crippen LogP contribution in [-0.4, -0.2) is 22.8 Å². The van der Waals surface area contributed by atoms with Gasteiger partial charge in [0.05, 0.1) is 0 Å². The van der Waals surface area contributed by atoms with E-state index in [0.29, 0.717) is 11.3 Å². The molecule has 0 aliphatic heterocycles. The standard InChI is InChI=1S/C14H17NO4/c1-8(2)12(14(18)19)13(17)15-11-6-4-10(5-7-11)9(3)16/h4-8,12H,1-3H3,(H,15,17)(H,18,19). The Morgan fingerprint density at radius 3 is 2.00 bits per heavy atom. The van der Waals surface area contributed by atoms with E-state index in [-0.39, 0.29) is 11.7 Å². The zero-order chi connectivity index (χ0) is 14.6. The van der Waals surface area contributed by atoms with E-state index in [1.165, 1.54) is 6.92 Å². The van der Waals surface area contributed by atoms with Gasteiger partial charge < -0.3 is 10.4 Å². The van der Waals surface area contributed by atoms with Gasteiger partial charge in [-0.25, -0.2) is 0 Å². The molecule has 1 aromatic carbocycles. The van der Waals surface area contributed by atoms with Gasteiger partial charge in [-0.15, -0.1) is 0 Å². The third-order valence-electron chi connectivity index (χ3n) is 2.77. The summed E-state index contributed by atoms with van der Waals surface area (Å²) in [5.41, 5.74) is 1.01. The molecule has 1 amide bonds. The van der Waals surface area contributed by atoms with Crippen LogP contribution in [-0.2, 0) is 9.59 Å². The number of carboxylic acids is 1. The van der Waals surface area contributed by atoms with Gasteiger partial charge in [-0.3, -0.25) is 14.4 Å². The molecule has 19 heavy (non-hydrogen) atoms. The summed E-state index contributed by atoms with van der Waals surface area (Å²) in [5.74, 6) is -3.16. The van der Waals surface area contributed by atoms with Crippen molar-refractivity contribution in [3.63, 3.8) is 0 Å². The molecule has 0 radical (unpaired) electrons. The largest absolute Gasteiger partial charge is 0.481 e. The number of anilines is 1. The fourth-order valence-corrected chi connectivity index (χ4v) is 1.71. The Hall–Kier alpha value is -2.17. The van der Waals surface area contributed by atoms with E-state index in [0.717, 1.165) is 0 Å². The van der Waals surface area contributed by atoms with E-state index in [1.54, 1.807) is 38.1 Å². The van der Waals surface area contributed by atoms with Crippen LogP contribution >= 0.6 is 0 Å². The lowest BCUT2D eigenvalue weighted by molar-refractivity contribution is -0.147. The summed E-state index contributed by atoms with van der Waals surface area (Å²) >= 11 is 0. The first-order valence-corrected chi connectivity index (χ1v) is 5.97. The fourth-order valence-electron chi connectivity index (χ4n) is 1.71. The lowest BCUT2D eigenvalue weighted by atomic mass is 9.95. The first-order valence-electron chi connectivity index (χ1n) is 5.97. The van der Waals surface area contributed by atoms with Crippen molar-refractivity contribution in [1.82, 2.24) is 0 Å². The number of hydrogen-bond donors (Lipinski definition) is 2. The number of carboxylic acid groups (broad SMARTS) is 1. The summed E-state index contributed by atoms with van der Waals surface area (Å²) in [5, 5.41) is 11.5. The smallest absolute Gasteiger partial charge is 0.316 e. The van der Waals surface area contributed by atoms with E-state index in [9.17, 15) is 14.4 Å². The molecule has 0 saturated carbocycles. The number of aliphatic carboxylic acids is 1. The van der Waals surface area contributed by atoms with Gasteiger partial charge in [-0.2, -0.15) is 0 Å². The van der Waals surface area contributed by atoms with Crippen molar-refractivity contribution in [3.8, 4) is 0 Å². The van der Waals surface area contributed by atoms with Crippen LogP contribution in [0.4, 0.5) is 5.69 Å². The Bertz CT molecular complexity index is 491. The Morgan fingerprint density at radius 1 is 1.11 bits per heavy atom. The molecule has 0 heterocycles. The third-order valence-corrected chi connectivity index (χ3v) is 2.77. The Balaban J connectivity index is 2.81. The average molecular weight is 263 g/mol. The minimum atomic E-state index is -1.15. The molecule has 0 aliphatic rings. The molecular weight excluding hydrogens is 246 g/mol. The van der Waals surface area contributed by atoms with Gasteiger partial charge >= 0.3 is 5.97 Å². The van der Waals surface area contributed by atoms with Crippen LogP contribution in [0.25, 0.3) is 0 Å². The topological polar surface area (TPSA) is 83.5 Å². The first-order chi connectivity index (χ1) is 8.82. The number of benzene rings is 1. The quantitative estimate of drug-likeness (QED) is 0.630. The molecule has 1 aromatic rings. The minimum absolute atomic E-state index is 0.0662. The summed E-state index contributed by atoms with van der Waals surface area (Å²) in [4.78, 5) is 34.0. The predicted molar refractivity (Wildman–Crippen MR) is 71.0 cm³/mol. The van der Waals surface area contributed by atoms with Gasteiger partial charge in [0, 0.05) is 11.3 Å². The molecular formula is C14H17NO4. The zero-order valence-electron chi connectivity index (χ0n) is 11.1. The fraction of sp³-hybridized carbons (Fsp3) is 0.357. The molecule has 0 saturated heterocycles. The number of carbonyl (C=O) groups excluding carboxylic acids is 2. The second-order valence-corrected chi connectivity index (χ2v) is 4.68. The molecule has 5 nitrogen and oxygen atoms in total. The molecule has 5 heteroatoms. The second kappa shape index (κ2) is 6.13. The third kappa shape index (κ3) is 3.91. The van der Waals surface area contributed by atoms with E-state index >= 15 is 0 Å². The molecule has 2 N–H and O–H groups in total. The Morgan fingerprint density at radius 2 is 1.63 bits per heavy atom. The first kappa shape index (κ1) is 14.9.